The van der Waals surface area contributed by atoms with Crippen LogP contribution in [0.15, 0.2) is 145 Å². The van der Waals surface area contributed by atoms with Crippen molar-refractivity contribution in [2.24, 2.45) is 0 Å². The van der Waals surface area contributed by atoms with E-state index in [1.165, 1.54) is 128 Å². The molecule has 0 N–H and O–H groups in total. The molecule has 2 unspecified atom stereocenters. The van der Waals surface area contributed by atoms with Gasteiger partial charge in [0.1, 0.15) is 5.75 Å². The van der Waals surface area contributed by atoms with Gasteiger partial charge in [0.25, 0.3) is 0 Å². The number of hydrogen-bond acceptors (Lipinski definition) is 4. The quantitative estimate of drug-likeness (QED) is 0.129. The molecule has 5 aliphatic heterocycles. The van der Waals surface area contributed by atoms with Crippen LogP contribution in [0.5, 0.6) is 11.5 Å². The van der Waals surface area contributed by atoms with Gasteiger partial charge in [0.2, 0.25) is 0 Å². The summed E-state index contributed by atoms with van der Waals surface area (Å²) in [4.78, 5) is 7.83. The molecule has 0 amide bonds. The molecule has 73 heavy (non-hydrogen) atoms. The maximum Gasteiger partial charge on any atom is 2.00 e. The number of nitrogens with zero attached hydrogens (tertiary/aromatic N) is 3. The van der Waals surface area contributed by atoms with Gasteiger partial charge < -0.3 is 19.4 Å². The molecule has 0 saturated carbocycles. The molecule has 0 aromatic heterocycles. The summed E-state index contributed by atoms with van der Waals surface area (Å²) in [6.07, 6.45) is 7.59. The third-order valence-corrected chi connectivity index (χ3v) is 16.9. The van der Waals surface area contributed by atoms with Gasteiger partial charge in [-0.25, -0.2) is 0 Å². The molecule has 1 aliphatic carbocycles. The fraction of sp³-hybridized carbons (Fsp3) is 0.212. The molecule has 5 heterocycles. The Balaban J connectivity index is 0.00000516. The minimum atomic E-state index is -0.161. The number of rotatable bonds is 4. The predicted molar refractivity (Wildman–Crippen MR) is 303 cm³/mol. The summed E-state index contributed by atoms with van der Waals surface area (Å²) < 4.78 is 7.58. The Labute approximate surface area is 456 Å². The Morgan fingerprint density at radius 2 is 1.11 bits per heavy atom. The Kier molecular flexibility index (Phi) is 10.9. The average Bonchev–Trinajstić information content (AvgIpc) is 3.35. The Morgan fingerprint density at radius 3 is 1.77 bits per heavy atom. The summed E-state index contributed by atoms with van der Waals surface area (Å²) in [5, 5.41) is 0. The van der Waals surface area contributed by atoms with Crippen LogP contribution >= 0.6 is 0 Å². The first-order valence-corrected chi connectivity index (χ1v) is 26.1. The van der Waals surface area contributed by atoms with Gasteiger partial charge in [0.05, 0.1) is 0 Å². The number of aryl methyl sites for hydroxylation is 7. The molecule has 6 aliphatic rings. The van der Waals surface area contributed by atoms with Crippen molar-refractivity contribution in [3.63, 3.8) is 0 Å². The van der Waals surface area contributed by atoms with E-state index in [0.29, 0.717) is 0 Å². The first kappa shape index (κ1) is 46.4. The third-order valence-electron chi connectivity index (χ3n) is 16.9. The zero-order valence-corrected chi connectivity index (χ0v) is 47.5. The largest absolute Gasteiger partial charge is 2.00 e. The van der Waals surface area contributed by atoms with Crippen molar-refractivity contribution in [2.45, 2.75) is 93.4 Å². The Hall–Kier alpha value is -6.38. The van der Waals surface area contributed by atoms with Crippen LogP contribution < -0.4 is 52.2 Å². The molecule has 14 rings (SSSR count). The van der Waals surface area contributed by atoms with Crippen LogP contribution in [0.4, 0.5) is 45.5 Å². The molecule has 352 valence electrons. The van der Waals surface area contributed by atoms with Crippen LogP contribution in [-0.4, -0.2) is 13.4 Å². The van der Waals surface area contributed by atoms with Crippen molar-refractivity contribution < 1.29 is 35.9 Å². The van der Waals surface area contributed by atoms with Crippen LogP contribution in [0.2, 0.25) is 0 Å². The van der Waals surface area contributed by atoms with Gasteiger partial charge in [0, 0.05) is 45.6 Å². The minimum Gasteiger partial charge on any atom is -0.484 e. The smallest absolute Gasteiger partial charge is 0.484 e. The fourth-order valence-electron chi connectivity index (χ4n) is 13.5. The number of anilines is 8. The number of benzene rings is 8. The number of fused-ring (bicyclic) bond motifs is 5. The van der Waals surface area contributed by atoms with Crippen molar-refractivity contribution in [3.05, 3.63) is 213 Å². The second-order valence-electron chi connectivity index (χ2n) is 22.1. The van der Waals surface area contributed by atoms with Crippen molar-refractivity contribution in [2.75, 3.05) is 14.7 Å². The minimum absolute atomic E-state index is 0. The Morgan fingerprint density at radius 1 is 0.521 bits per heavy atom. The van der Waals surface area contributed by atoms with E-state index in [1.807, 2.05) is 0 Å². The molecule has 0 bridgehead atoms. The molecular weight excluding hydrogens is 1110 g/mol. The van der Waals surface area contributed by atoms with Crippen LogP contribution in [-0.2, 0) is 6.42 Å². The van der Waals surface area contributed by atoms with Gasteiger partial charge in [-0.05, 0) is 189 Å². The van der Waals surface area contributed by atoms with Gasteiger partial charge in [-0.2, -0.15) is 40.3 Å². The standard InChI is InChI=1S/C66H57B2N3O.U/c1-37-10-19-46(20-11-37)51-35-47-28-41(5)18-27-53(47)67-54-36-60-64-66(65(54)70(49-23-14-39(3)15-24-49)55-30-42(6)29-52(45(51)9)61(55)67)71(50-25-16-40(4)17-26-50)57-32-43(7)31-56-62(57)68(64)63-58(33-44(8)34-59(63)72-60)69(56)48-21-12-38(2)13-22-48;/h10-16,18-25,28-34,45,51H,17,26,35H2,1-9H3;/q-2;+2. The predicted octanol–water partition coefficient (Wildman–Crippen LogP) is 12.7. The summed E-state index contributed by atoms with van der Waals surface area (Å²) in [6.45, 7) is 20.1. The van der Waals surface area contributed by atoms with Crippen LogP contribution in [0.25, 0.3) is 0 Å². The van der Waals surface area contributed by atoms with Gasteiger partial charge >= 0.3 is 31.1 Å². The SMILES string of the molecule is CC1=CC=C(N2c3cc(C)cc4c3B3c5c(cc(C)cc5N4c4ccc(C)cc4)Oc4[c-]c5c(c2c43)N(c2ccc(C)cc2)c2cc(C)cc3c2B5c2[c-]cc(C)cc2CC(c2ccc(C)cc2)C3C)CC1.[U+2]. The summed E-state index contributed by atoms with van der Waals surface area (Å²) in [6, 6.07) is 55.2. The second-order valence-corrected chi connectivity index (χ2v) is 22.1. The molecule has 2 atom stereocenters. The molecule has 0 fully saturated rings. The van der Waals surface area contributed by atoms with Gasteiger partial charge in [-0.3, -0.25) is 0 Å². The third kappa shape index (κ3) is 7.01. The van der Waals surface area contributed by atoms with Crippen molar-refractivity contribution in [1.29, 1.82) is 0 Å². The number of hydrogen-bond donors (Lipinski definition) is 0. The summed E-state index contributed by atoms with van der Waals surface area (Å²) in [5.74, 6) is 2.22. The average molecular weight is 1170 g/mol. The van der Waals surface area contributed by atoms with Crippen LogP contribution in [0, 0.1) is 91.7 Å². The number of allylic oxidation sites excluding steroid dienone is 4. The number of ether oxygens (including phenoxy) is 1. The molecule has 8 aromatic rings. The first-order valence-electron chi connectivity index (χ1n) is 26.1. The van der Waals surface area contributed by atoms with Gasteiger partial charge in [-0.1, -0.05) is 103 Å². The molecule has 4 nitrogen and oxygen atoms in total. The van der Waals surface area contributed by atoms with Crippen LogP contribution in [0.1, 0.15) is 94.2 Å². The van der Waals surface area contributed by atoms with E-state index in [-0.39, 0.29) is 56.4 Å². The summed E-state index contributed by atoms with van der Waals surface area (Å²) in [5.41, 5.74) is 32.5. The van der Waals surface area contributed by atoms with Gasteiger partial charge in [0.15, 0.2) is 13.4 Å². The molecule has 7 heteroatoms. The summed E-state index contributed by atoms with van der Waals surface area (Å²) in [7, 11) is 0. The molecule has 0 radical (unpaired) electrons. The molecular formula is C66H57B2N3OU. The first-order chi connectivity index (χ1) is 34.9. The van der Waals surface area contributed by atoms with Gasteiger partial charge in [-0.15, -0.1) is 11.5 Å². The van der Waals surface area contributed by atoms with E-state index in [4.69, 9.17) is 4.74 Å². The Bertz CT molecular complexity index is 3720. The van der Waals surface area contributed by atoms with Crippen molar-refractivity contribution in [3.8, 4) is 11.5 Å². The molecule has 0 spiro atoms. The van der Waals surface area contributed by atoms with E-state index in [2.05, 4.69) is 223 Å². The second kappa shape index (κ2) is 17.1. The molecule has 8 aromatic carbocycles. The zero-order chi connectivity index (χ0) is 49.0. The van der Waals surface area contributed by atoms with E-state index >= 15 is 0 Å². The zero-order valence-electron chi connectivity index (χ0n) is 43.4. The summed E-state index contributed by atoms with van der Waals surface area (Å²) >= 11 is 0. The molecule has 0 saturated heterocycles. The van der Waals surface area contributed by atoms with E-state index < -0.39 is 0 Å². The normalized spacial score (nSPS) is 17.2. The maximum absolute atomic E-state index is 7.58. The van der Waals surface area contributed by atoms with Crippen LogP contribution in [0.3, 0.4) is 0 Å². The van der Waals surface area contributed by atoms with E-state index in [9.17, 15) is 0 Å². The van der Waals surface area contributed by atoms with Crippen molar-refractivity contribution >= 4 is 91.7 Å². The monoisotopic (exact) mass is 1170 g/mol. The fourth-order valence-corrected chi connectivity index (χ4v) is 13.5. The van der Waals surface area contributed by atoms with E-state index in [1.54, 1.807) is 0 Å². The van der Waals surface area contributed by atoms with E-state index in [0.717, 1.165) is 47.6 Å². The van der Waals surface area contributed by atoms with Crippen molar-refractivity contribution in [1.82, 2.24) is 0 Å². The topological polar surface area (TPSA) is 19.0 Å². The maximum atomic E-state index is 7.58.